The minimum atomic E-state index is -1.09. The van der Waals surface area contributed by atoms with Gasteiger partial charge in [-0.2, -0.15) is 0 Å². The maximum Gasteiger partial charge on any atom is 0.196 e. The number of methoxy groups -OCH3 is 1. The minimum absolute atomic E-state index is 0.194. The monoisotopic (exact) mass is 270 g/mol. The van der Waals surface area contributed by atoms with Gasteiger partial charge >= 0.3 is 0 Å². The van der Waals surface area contributed by atoms with Crippen molar-refractivity contribution < 1.29 is 19.7 Å². The van der Waals surface area contributed by atoms with Crippen LogP contribution in [-0.4, -0.2) is 64.1 Å². The van der Waals surface area contributed by atoms with Gasteiger partial charge in [-0.05, 0) is 0 Å². The molecule has 0 aliphatic carbocycles. The Balaban J connectivity index is 2.14. The van der Waals surface area contributed by atoms with Crippen LogP contribution in [0.5, 0.6) is 0 Å². The second-order valence-corrected chi connectivity index (χ2v) is 4.28. The molecule has 0 aromatic carbocycles. The quantitative estimate of drug-likeness (QED) is 0.613. The number of hydrogen-bond donors (Lipinski definition) is 3. The van der Waals surface area contributed by atoms with Crippen molar-refractivity contribution in [1.29, 1.82) is 0 Å². The van der Waals surface area contributed by atoms with Gasteiger partial charge in [-0.15, -0.1) is 5.10 Å². The van der Waals surface area contributed by atoms with Crippen LogP contribution in [-0.2, 0) is 9.47 Å². The first-order chi connectivity index (χ1) is 9.08. The van der Waals surface area contributed by atoms with E-state index < -0.39 is 24.5 Å². The van der Waals surface area contributed by atoms with Gasteiger partial charge < -0.3 is 25.0 Å². The molecule has 2 heterocycles. The van der Waals surface area contributed by atoms with Crippen LogP contribution < -0.4 is 5.32 Å². The molecule has 1 saturated heterocycles. The fraction of sp³-hybridized carbons (Fsp3) is 0.636. The van der Waals surface area contributed by atoms with E-state index in [-0.39, 0.29) is 6.61 Å². The first-order valence-corrected chi connectivity index (χ1v) is 5.87. The van der Waals surface area contributed by atoms with Crippen molar-refractivity contribution in [2.24, 2.45) is 0 Å². The maximum atomic E-state index is 9.96. The second kappa shape index (κ2) is 5.66. The van der Waals surface area contributed by atoms with Crippen molar-refractivity contribution in [3.8, 4) is 0 Å². The molecule has 0 spiro atoms. The molecule has 0 amide bonds. The molecule has 1 aliphatic heterocycles. The van der Waals surface area contributed by atoms with E-state index in [1.165, 1.54) is 18.1 Å². The van der Waals surface area contributed by atoms with E-state index in [9.17, 15) is 10.2 Å². The van der Waals surface area contributed by atoms with Crippen molar-refractivity contribution in [2.45, 2.75) is 24.5 Å². The van der Waals surface area contributed by atoms with Crippen LogP contribution in [0.3, 0.4) is 0 Å². The van der Waals surface area contributed by atoms with Crippen LogP contribution in [0.1, 0.15) is 12.1 Å². The van der Waals surface area contributed by atoms with E-state index in [2.05, 4.69) is 22.0 Å². The number of nitrogens with one attached hydrogen (secondary N) is 1. The molecule has 1 aromatic heterocycles. The van der Waals surface area contributed by atoms with Gasteiger partial charge in [0.1, 0.15) is 24.6 Å². The molecular formula is C11H18N4O4. The van der Waals surface area contributed by atoms with Crippen molar-refractivity contribution in [1.82, 2.24) is 20.1 Å². The van der Waals surface area contributed by atoms with Crippen LogP contribution in [0.15, 0.2) is 12.9 Å². The summed E-state index contributed by atoms with van der Waals surface area (Å²) in [5.41, 5.74) is 0.556. The molecule has 1 aromatic rings. The van der Waals surface area contributed by atoms with Crippen LogP contribution in [0.4, 0.5) is 0 Å². The van der Waals surface area contributed by atoms with Gasteiger partial charge in [-0.25, -0.2) is 9.67 Å². The highest BCUT2D eigenvalue weighted by atomic mass is 16.6. The molecule has 8 nitrogen and oxygen atoms in total. The smallest absolute Gasteiger partial charge is 0.196 e. The average Bonchev–Trinajstić information content (AvgIpc) is 2.99. The molecule has 2 rings (SSSR count). The molecule has 8 heteroatoms. The fourth-order valence-electron chi connectivity index (χ4n) is 1.90. The molecule has 4 atom stereocenters. The van der Waals surface area contributed by atoms with Gasteiger partial charge in [-0.1, -0.05) is 6.58 Å². The van der Waals surface area contributed by atoms with E-state index in [1.807, 2.05) is 0 Å². The fourth-order valence-corrected chi connectivity index (χ4v) is 1.90. The molecule has 0 radical (unpaired) electrons. The Hall–Kier alpha value is -1.48. The van der Waals surface area contributed by atoms with E-state index in [0.717, 1.165) is 0 Å². The summed E-state index contributed by atoms with van der Waals surface area (Å²) in [6.45, 7) is 3.93. The molecular weight excluding hydrogens is 252 g/mol. The zero-order chi connectivity index (χ0) is 14.0. The summed E-state index contributed by atoms with van der Waals surface area (Å²) < 4.78 is 11.8. The number of aliphatic hydroxyl groups is 2. The van der Waals surface area contributed by atoms with Crippen LogP contribution in [0.25, 0.3) is 5.70 Å². The minimum Gasteiger partial charge on any atom is -0.387 e. The third-order valence-electron chi connectivity index (χ3n) is 3.01. The SMILES string of the molecule is C=C(NC)c1ncn([C@H]2O[C@@H](COC)[C@H](O)[C@@H]2O)n1. The number of rotatable bonds is 5. The lowest BCUT2D eigenvalue weighted by Gasteiger charge is -2.14. The molecule has 19 heavy (non-hydrogen) atoms. The van der Waals surface area contributed by atoms with E-state index in [0.29, 0.717) is 11.5 Å². The molecule has 1 aliphatic rings. The van der Waals surface area contributed by atoms with Gasteiger partial charge in [0.25, 0.3) is 0 Å². The van der Waals surface area contributed by atoms with E-state index >= 15 is 0 Å². The third kappa shape index (κ3) is 2.61. The van der Waals surface area contributed by atoms with Gasteiger partial charge in [0.05, 0.1) is 12.3 Å². The normalized spacial score (nSPS) is 30.5. The predicted octanol–water partition coefficient (Wildman–Crippen LogP) is -1.27. The Labute approximate surface area is 110 Å². The lowest BCUT2D eigenvalue weighted by Crippen LogP contribution is -2.33. The largest absolute Gasteiger partial charge is 0.387 e. The highest BCUT2D eigenvalue weighted by molar-refractivity contribution is 5.53. The van der Waals surface area contributed by atoms with E-state index in [1.54, 1.807) is 7.05 Å². The molecule has 3 N–H and O–H groups in total. The second-order valence-electron chi connectivity index (χ2n) is 4.28. The lowest BCUT2D eigenvalue weighted by molar-refractivity contribution is -0.0648. The number of ether oxygens (including phenoxy) is 2. The van der Waals surface area contributed by atoms with Gasteiger partial charge in [-0.3, -0.25) is 0 Å². The molecule has 1 fully saturated rings. The van der Waals surface area contributed by atoms with Gasteiger partial charge in [0, 0.05) is 14.2 Å². The molecule has 0 bridgehead atoms. The van der Waals surface area contributed by atoms with Crippen LogP contribution in [0.2, 0.25) is 0 Å². The van der Waals surface area contributed by atoms with Gasteiger partial charge in [0.2, 0.25) is 0 Å². The third-order valence-corrected chi connectivity index (χ3v) is 3.01. The van der Waals surface area contributed by atoms with E-state index in [4.69, 9.17) is 9.47 Å². The predicted molar refractivity (Wildman–Crippen MR) is 65.9 cm³/mol. The molecule has 0 saturated carbocycles. The Morgan fingerprint density at radius 1 is 1.58 bits per heavy atom. The summed E-state index contributed by atoms with van der Waals surface area (Å²) in [6.07, 6.45) is -2.07. The number of hydrogen-bond acceptors (Lipinski definition) is 7. The highest BCUT2D eigenvalue weighted by Crippen LogP contribution is 2.28. The van der Waals surface area contributed by atoms with Crippen molar-refractivity contribution >= 4 is 5.70 Å². The Morgan fingerprint density at radius 2 is 2.32 bits per heavy atom. The summed E-state index contributed by atoms with van der Waals surface area (Å²) in [7, 11) is 3.21. The standard InChI is InChI=1S/C11H18N4O4/c1-6(12-2)10-13-5-15(14-10)11-9(17)8(16)7(19-11)4-18-3/h5,7-9,11-12,16-17H,1,4H2,2-3H3/t7-,8-,9-,11-/m0/s1. The Morgan fingerprint density at radius 3 is 2.95 bits per heavy atom. The van der Waals surface area contributed by atoms with Crippen LogP contribution in [0, 0.1) is 0 Å². The Kier molecular flexibility index (Phi) is 4.15. The summed E-state index contributed by atoms with van der Waals surface area (Å²) in [5, 5.41) is 26.8. The summed E-state index contributed by atoms with van der Waals surface area (Å²) in [5.74, 6) is 0.406. The lowest BCUT2D eigenvalue weighted by atomic mass is 10.1. The zero-order valence-electron chi connectivity index (χ0n) is 10.9. The zero-order valence-corrected chi connectivity index (χ0v) is 10.9. The number of aliphatic hydroxyl groups excluding tert-OH is 2. The first-order valence-electron chi connectivity index (χ1n) is 5.87. The maximum absolute atomic E-state index is 9.96. The molecule has 106 valence electrons. The number of nitrogens with zero attached hydrogens (tertiary/aromatic N) is 3. The molecule has 0 unspecified atom stereocenters. The summed E-state index contributed by atoms with van der Waals surface area (Å²) in [6, 6.07) is 0. The van der Waals surface area contributed by atoms with Gasteiger partial charge in [0.15, 0.2) is 12.1 Å². The average molecular weight is 270 g/mol. The number of aromatic nitrogens is 3. The highest BCUT2D eigenvalue weighted by Gasteiger charge is 2.44. The van der Waals surface area contributed by atoms with Crippen molar-refractivity contribution in [3.63, 3.8) is 0 Å². The topological polar surface area (TPSA) is 102 Å². The summed E-state index contributed by atoms with van der Waals surface area (Å²) >= 11 is 0. The summed E-state index contributed by atoms with van der Waals surface area (Å²) in [4.78, 5) is 4.05. The van der Waals surface area contributed by atoms with Crippen molar-refractivity contribution in [2.75, 3.05) is 20.8 Å². The van der Waals surface area contributed by atoms with Crippen molar-refractivity contribution in [3.05, 3.63) is 18.7 Å². The Bertz CT molecular complexity index is 450. The van der Waals surface area contributed by atoms with Crippen LogP contribution >= 0.6 is 0 Å². The first kappa shape index (κ1) is 13.9.